The lowest BCUT2D eigenvalue weighted by Gasteiger charge is -2.39. The van der Waals surface area contributed by atoms with Gasteiger partial charge in [-0.05, 0) is 25.7 Å². The predicted octanol–water partition coefficient (Wildman–Crippen LogP) is 2.43. The van der Waals surface area contributed by atoms with Crippen LogP contribution in [0, 0.1) is 0 Å². The van der Waals surface area contributed by atoms with Crippen LogP contribution in [0.3, 0.4) is 0 Å². The van der Waals surface area contributed by atoms with Gasteiger partial charge in [-0.15, -0.1) is 12.4 Å². The van der Waals surface area contributed by atoms with Crippen molar-refractivity contribution in [2.45, 2.75) is 79.1 Å². The molecule has 0 aromatic rings. The van der Waals surface area contributed by atoms with Gasteiger partial charge in [-0.3, -0.25) is 0 Å². The van der Waals surface area contributed by atoms with Gasteiger partial charge in [0, 0.05) is 0 Å². The number of unbranched alkanes of at least 4 members (excludes halogenated alkanes) is 4. The maximum atomic E-state index is 2.33. The van der Waals surface area contributed by atoms with Crippen molar-refractivity contribution in [2.75, 3.05) is 26.2 Å². The second kappa shape index (κ2) is 16.6. The number of rotatable bonds is 12. The molecule has 0 bridgehead atoms. The van der Waals surface area contributed by atoms with Gasteiger partial charge in [0.05, 0.1) is 26.2 Å². The van der Waals surface area contributed by atoms with Crippen LogP contribution in [0.4, 0.5) is 0 Å². The van der Waals surface area contributed by atoms with Crippen molar-refractivity contribution in [3.63, 3.8) is 0 Å². The van der Waals surface area contributed by atoms with Crippen molar-refractivity contribution in [3.05, 3.63) is 0 Å². The predicted molar refractivity (Wildman–Crippen MR) is 86.6 cm³/mol. The molecule has 120 valence electrons. The van der Waals surface area contributed by atoms with Gasteiger partial charge < -0.3 is 16.9 Å². The average Bonchev–Trinajstić information content (AvgIpc) is 2.37. The second-order valence-electron chi connectivity index (χ2n) is 5.65. The fourth-order valence-electron chi connectivity index (χ4n) is 2.64. The molecular formula is C16H37Cl2N. The summed E-state index contributed by atoms with van der Waals surface area (Å²) >= 11 is 0. The summed E-state index contributed by atoms with van der Waals surface area (Å²) in [6, 6.07) is 0. The number of quaternary nitrogens is 1. The molecule has 3 heteroatoms. The highest BCUT2D eigenvalue weighted by atomic mass is 35.5. The third-order valence-corrected chi connectivity index (χ3v) is 3.94. The van der Waals surface area contributed by atoms with Crippen LogP contribution in [-0.4, -0.2) is 30.7 Å². The Bertz CT molecular complexity index is 125. The zero-order chi connectivity index (χ0) is 13.0. The maximum Gasteiger partial charge on any atom is 0.0786 e. The number of hydrogen-bond donors (Lipinski definition) is 0. The van der Waals surface area contributed by atoms with Crippen molar-refractivity contribution in [2.24, 2.45) is 0 Å². The van der Waals surface area contributed by atoms with Crippen molar-refractivity contribution in [1.29, 1.82) is 0 Å². The van der Waals surface area contributed by atoms with Crippen molar-refractivity contribution >= 4 is 12.4 Å². The number of nitrogens with zero attached hydrogens (tertiary/aromatic N) is 1. The van der Waals surface area contributed by atoms with Gasteiger partial charge >= 0.3 is 0 Å². The summed E-state index contributed by atoms with van der Waals surface area (Å²) in [7, 11) is 0. The standard InChI is InChI=1S/C16H36N.2ClH/c1-5-9-13-17(14-10-6-2,15-11-7-3)16-12-8-4;;/h5-16H2,1-4H3;2*1H/q+1;;/p-1. The Hall–Kier alpha value is 0.540. The summed E-state index contributed by atoms with van der Waals surface area (Å²) in [5, 5.41) is 0. The molecule has 19 heavy (non-hydrogen) atoms. The topological polar surface area (TPSA) is 0 Å². The summed E-state index contributed by atoms with van der Waals surface area (Å²) in [4.78, 5) is 0. The van der Waals surface area contributed by atoms with E-state index in [1.807, 2.05) is 0 Å². The smallest absolute Gasteiger partial charge is 0.0786 e. The molecule has 0 aliphatic rings. The molecule has 0 aromatic carbocycles. The molecule has 0 aromatic heterocycles. The average molecular weight is 314 g/mol. The monoisotopic (exact) mass is 313 g/mol. The Balaban J connectivity index is -0.00000128. The first kappa shape index (κ1) is 24.6. The van der Waals surface area contributed by atoms with E-state index in [4.69, 9.17) is 0 Å². The fourth-order valence-corrected chi connectivity index (χ4v) is 2.64. The molecule has 0 N–H and O–H groups in total. The van der Waals surface area contributed by atoms with E-state index in [9.17, 15) is 0 Å². The molecule has 0 aliphatic heterocycles. The van der Waals surface area contributed by atoms with E-state index < -0.39 is 0 Å². The molecule has 0 saturated heterocycles. The summed E-state index contributed by atoms with van der Waals surface area (Å²) in [5.41, 5.74) is 0. The highest BCUT2D eigenvalue weighted by Gasteiger charge is 2.24. The van der Waals surface area contributed by atoms with Crippen LogP contribution in [0.1, 0.15) is 79.1 Å². The molecule has 0 radical (unpaired) electrons. The Kier molecular flexibility index (Phi) is 21.4. The molecular weight excluding hydrogens is 277 g/mol. The van der Waals surface area contributed by atoms with Gasteiger partial charge in [-0.1, -0.05) is 53.4 Å². The molecule has 0 saturated carbocycles. The van der Waals surface area contributed by atoms with Crippen LogP contribution in [0.25, 0.3) is 0 Å². The lowest BCUT2D eigenvalue weighted by atomic mass is 10.1. The molecule has 1 nitrogen and oxygen atoms in total. The van der Waals surface area contributed by atoms with Crippen LogP contribution < -0.4 is 12.4 Å². The van der Waals surface area contributed by atoms with E-state index in [1.165, 1.54) is 82.0 Å². The Morgan fingerprint density at radius 3 is 0.895 bits per heavy atom. The zero-order valence-electron chi connectivity index (χ0n) is 13.7. The maximum absolute atomic E-state index is 2.33. The van der Waals surface area contributed by atoms with Crippen LogP contribution in [0.2, 0.25) is 0 Å². The number of hydrogen-bond acceptors (Lipinski definition) is 0. The molecule has 0 rings (SSSR count). The van der Waals surface area contributed by atoms with Crippen LogP contribution in [0.15, 0.2) is 0 Å². The van der Waals surface area contributed by atoms with E-state index in [0.29, 0.717) is 0 Å². The lowest BCUT2D eigenvalue weighted by Crippen LogP contribution is -3.00. The van der Waals surface area contributed by atoms with Gasteiger partial charge in [0.25, 0.3) is 0 Å². The third kappa shape index (κ3) is 12.0. The van der Waals surface area contributed by atoms with E-state index in [-0.39, 0.29) is 24.8 Å². The van der Waals surface area contributed by atoms with Crippen molar-refractivity contribution < 1.29 is 16.9 Å². The van der Waals surface area contributed by atoms with E-state index >= 15 is 0 Å². The van der Waals surface area contributed by atoms with Gasteiger partial charge in [0.2, 0.25) is 0 Å². The number of halogens is 2. The summed E-state index contributed by atoms with van der Waals surface area (Å²) in [6.45, 7) is 15.0. The zero-order valence-corrected chi connectivity index (χ0v) is 15.3. The lowest BCUT2D eigenvalue weighted by molar-refractivity contribution is -0.929. The molecule has 0 atom stereocenters. The fraction of sp³-hybridized carbons (Fsp3) is 1.00. The normalized spacial score (nSPS) is 10.7. The SMILES string of the molecule is CCCC[N+](CCCC)(CCCC)CCCC.Cl.[Cl-]. The first-order chi connectivity index (χ1) is 8.24. The van der Waals surface area contributed by atoms with Crippen molar-refractivity contribution in [3.8, 4) is 0 Å². The van der Waals surface area contributed by atoms with Crippen molar-refractivity contribution in [1.82, 2.24) is 0 Å². The largest absolute Gasteiger partial charge is 1.00 e. The Labute approximate surface area is 134 Å². The summed E-state index contributed by atoms with van der Waals surface area (Å²) in [5.74, 6) is 0. The highest BCUT2D eigenvalue weighted by Crippen LogP contribution is 2.16. The Morgan fingerprint density at radius 1 is 0.526 bits per heavy atom. The van der Waals surface area contributed by atoms with E-state index in [1.54, 1.807) is 0 Å². The molecule has 0 aliphatic carbocycles. The minimum absolute atomic E-state index is 0. The molecule has 0 unspecified atom stereocenters. The molecule has 0 amide bonds. The Morgan fingerprint density at radius 2 is 0.737 bits per heavy atom. The minimum Gasteiger partial charge on any atom is -1.00 e. The third-order valence-electron chi connectivity index (χ3n) is 3.94. The molecule has 0 fully saturated rings. The van der Waals surface area contributed by atoms with Gasteiger partial charge in [-0.2, -0.15) is 0 Å². The van der Waals surface area contributed by atoms with E-state index in [2.05, 4.69) is 27.7 Å². The van der Waals surface area contributed by atoms with Gasteiger partial charge in [0.1, 0.15) is 0 Å². The van der Waals surface area contributed by atoms with Crippen LogP contribution in [0.5, 0.6) is 0 Å². The quantitative estimate of drug-likeness (QED) is 0.485. The van der Waals surface area contributed by atoms with Crippen LogP contribution >= 0.6 is 12.4 Å². The van der Waals surface area contributed by atoms with Gasteiger partial charge in [0.15, 0.2) is 0 Å². The van der Waals surface area contributed by atoms with Gasteiger partial charge in [-0.25, -0.2) is 0 Å². The second-order valence-corrected chi connectivity index (χ2v) is 5.65. The molecule has 0 heterocycles. The highest BCUT2D eigenvalue weighted by molar-refractivity contribution is 5.85. The van der Waals surface area contributed by atoms with E-state index in [0.717, 1.165) is 0 Å². The molecule has 0 spiro atoms. The van der Waals surface area contributed by atoms with Crippen LogP contribution in [-0.2, 0) is 0 Å². The summed E-state index contributed by atoms with van der Waals surface area (Å²) < 4.78 is 1.42. The minimum atomic E-state index is 0. The summed E-state index contributed by atoms with van der Waals surface area (Å²) in [6.07, 6.45) is 11.1. The first-order valence-corrected chi connectivity index (χ1v) is 8.09. The first-order valence-electron chi connectivity index (χ1n) is 8.09.